The highest BCUT2D eigenvalue weighted by molar-refractivity contribution is 7.13. The molecule has 0 bridgehead atoms. The number of rotatable bonds is 4. The molecule has 0 unspecified atom stereocenters. The first-order valence-corrected chi connectivity index (χ1v) is 5.45. The van der Waals surface area contributed by atoms with Crippen LogP contribution in [0, 0.1) is 0 Å². The Morgan fingerprint density at radius 2 is 2.27 bits per heavy atom. The van der Waals surface area contributed by atoms with Crippen molar-refractivity contribution in [2.75, 3.05) is 18.4 Å². The molecule has 2 aromatic heterocycles. The van der Waals surface area contributed by atoms with Crippen LogP contribution in [0.15, 0.2) is 23.8 Å². The van der Waals surface area contributed by atoms with Gasteiger partial charge in [-0.2, -0.15) is 0 Å². The lowest BCUT2D eigenvalue weighted by Crippen LogP contribution is -2.14. The minimum atomic E-state index is 0.560. The van der Waals surface area contributed by atoms with Gasteiger partial charge in [0.15, 0.2) is 0 Å². The first-order chi connectivity index (χ1) is 7.40. The van der Waals surface area contributed by atoms with Crippen molar-refractivity contribution in [3.63, 3.8) is 0 Å². The van der Waals surface area contributed by atoms with Crippen molar-refractivity contribution in [2.24, 2.45) is 5.73 Å². The van der Waals surface area contributed by atoms with E-state index in [1.165, 1.54) is 0 Å². The lowest BCUT2D eigenvalue weighted by Gasteiger charge is -2.02. The van der Waals surface area contributed by atoms with Gasteiger partial charge in [0.1, 0.15) is 10.7 Å². The molecule has 78 valence electrons. The second kappa shape index (κ2) is 4.81. The van der Waals surface area contributed by atoms with Crippen LogP contribution in [0.2, 0.25) is 0 Å². The van der Waals surface area contributed by atoms with Crippen molar-refractivity contribution in [1.29, 1.82) is 0 Å². The summed E-state index contributed by atoms with van der Waals surface area (Å²) in [4.78, 5) is 12.6. The first kappa shape index (κ1) is 10.0. The molecule has 0 atom stereocenters. The van der Waals surface area contributed by atoms with Crippen LogP contribution in [0.1, 0.15) is 0 Å². The molecular formula is C9H11N5S. The number of hydrogen-bond acceptors (Lipinski definition) is 6. The van der Waals surface area contributed by atoms with Crippen molar-refractivity contribution in [2.45, 2.75) is 0 Å². The Labute approximate surface area is 91.4 Å². The van der Waals surface area contributed by atoms with E-state index in [1.807, 2.05) is 11.4 Å². The molecule has 0 saturated carbocycles. The van der Waals surface area contributed by atoms with E-state index < -0.39 is 0 Å². The fourth-order valence-electron chi connectivity index (χ4n) is 1.10. The molecule has 2 rings (SSSR count). The smallest absolute Gasteiger partial charge is 0.223 e. The SMILES string of the molecule is NCCNc1nccc(-c2nccs2)n1. The minimum absolute atomic E-state index is 0.560. The summed E-state index contributed by atoms with van der Waals surface area (Å²) in [5, 5.41) is 5.84. The first-order valence-electron chi connectivity index (χ1n) is 4.57. The molecule has 0 aromatic carbocycles. The molecule has 2 heterocycles. The van der Waals surface area contributed by atoms with Gasteiger partial charge in [-0.1, -0.05) is 0 Å². The van der Waals surface area contributed by atoms with Gasteiger partial charge in [0, 0.05) is 30.9 Å². The third kappa shape index (κ3) is 2.48. The van der Waals surface area contributed by atoms with Gasteiger partial charge in [-0.05, 0) is 6.07 Å². The van der Waals surface area contributed by atoms with Crippen LogP contribution >= 0.6 is 11.3 Å². The second-order valence-electron chi connectivity index (χ2n) is 2.82. The van der Waals surface area contributed by atoms with Crippen LogP contribution < -0.4 is 11.1 Å². The highest BCUT2D eigenvalue weighted by Crippen LogP contribution is 2.19. The zero-order valence-electron chi connectivity index (χ0n) is 8.05. The summed E-state index contributed by atoms with van der Waals surface area (Å²) >= 11 is 1.55. The van der Waals surface area contributed by atoms with Crippen molar-refractivity contribution in [3.8, 4) is 10.7 Å². The largest absolute Gasteiger partial charge is 0.353 e. The van der Waals surface area contributed by atoms with E-state index in [1.54, 1.807) is 23.7 Å². The van der Waals surface area contributed by atoms with Crippen LogP contribution in [-0.2, 0) is 0 Å². The molecule has 0 radical (unpaired) electrons. The Morgan fingerprint density at radius 3 is 3.00 bits per heavy atom. The minimum Gasteiger partial charge on any atom is -0.353 e. The third-order valence-electron chi connectivity index (χ3n) is 1.73. The van der Waals surface area contributed by atoms with Crippen LogP contribution in [0.4, 0.5) is 5.95 Å². The lowest BCUT2D eigenvalue weighted by molar-refractivity contribution is 0.990. The molecule has 3 N–H and O–H groups in total. The summed E-state index contributed by atoms with van der Waals surface area (Å²) < 4.78 is 0. The summed E-state index contributed by atoms with van der Waals surface area (Å²) in [6, 6.07) is 1.84. The highest BCUT2D eigenvalue weighted by Gasteiger charge is 2.03. The van der Waals surface area contributed by atoms with Gasteiger partial charge in [0.25, 0.3) is 0 Å². The molecule has 5 nitrogen and oxygen atoms in total. The van der Waals surface area contributed by atoms with Gasteiger partial charge < -0.3 is 11.1 Å². The van der Waals surface area contributed by atoms with E-state index in [4.69, 9.17) is 5.73 Å². The second-order valence-corrected chi connectivity index (χ2v) is 3.71. The van der Waals surface area contributed by atoms with E-state index in [-0.39, 0.29) is 0 Å². The van der Waals surface area contributed by atoms with E-state index in [0.29, 0.717) is 19.0 Å². The number of thiazole rings is 1. The maximum Gasteiger partial charge on any atom is 0.223 e. The molecule has 0 saturated heterocycles. The summed E-state index contributed by atoms with van der Waals surface area (Å²) in [5.41, 5.74) is 6.21. The van der Waals surface area contributed by atoms with Crippen molar-refractivity contribution >= 4 is 17.3 Å². The zero-order valence-corrected chi connectivity index (χ0v) is 8.87. The fourth-order valence-corrected chi connectivity index (χ4v) is 1.70. The molecule has 2 aromatic rings. The summed E-state index contributed by atoms with van der Waals surface area (Å²) in [6.45, 7) is 1.23. The molecule has 6 heteroatoms. The van der Waals surface area contributed by atoms with Crippen molar-refractivity contribution in [1.82, 2.24) is 15.0 Å². The molecular weight excluding hydrogens is 210 g/mol. The standard InChI is InChI=1S/C9H11N5S/c10-2-4-13-9-12-3-1-7(14-9)8-11-5-6-15-8/h1,3,5-6H,2,4,10H2,(H,12,13,14). The number of hydrogen-bond donors (Lipinski definition) is 2. The van der Waals surface area contributed by atoms with Crippen LogP contribution in [-0.4, -0.2) is 28.0 Å². The Morgan fingerprint density at radius 1 is 1.33 bits per heavy atom. The molecule has 0 spiro atoms. The number of aromatic nitrogens is 3. The number of nitrogens with two attached hydrogens (primary N) is 1. The highest BCUT2D eigenvalue weighted by atomic mass is 32.1. The van der Waals surface area contributed by atoms with Crippen LogP contribution in [0.3, 0.4) is 0 Å². The van der Waals surface area contributed by atoms with Crippen molar-refractivity contribution < 1.29 is 0 Å². The predicted octanol–water partition coefficient (Wildman–Crippen LogP) is 0.971. The zero-order chi connectivity index (χ0) is 10.5. The molecule has 0 aliphatic carbocycles. The van der Waals surface area contributed by atoms with Crippen molar-refractivity contribution in [3.05, 3.63) is 23.8 Å². The van der Waals surface area contributed by atoms with Gasteiger partial charge in [-0.15, -0.1) is 11.3 Å². The van der Waals surface area contributed by atoms with Gasteiger partial charge in [-0.3, -0.25) is 0 Å². The van der Waals surface area contributed by atoms with E-state index >= 15 is 0 Å². The Kier molecular flexibility index (Phi) is 3.21. The number of anilines is 1. The topological polar surface area (TPSA) is 76.7 Å². The molecule has 0 amide bonds. The van der Waals surface area contributed by atoms with Gasteiger partial charge in [0.2, 0.25) is 5.95 Å². The van der Waals surface area contributed by atoms with Gasteiger partial charge >= 0.3 is 0 Å². The fraction of sp³-hybridized carbons (Fsp3) is 0.222. The predicted molar refractivity (Wildman–Crippen MR) is 60.7 cm³/mol. The average molecular weight is 221 g/mol. The molecule has 0 fully saturated rings. The number of nitrogens with zero attached hydrogens (tertiary/aromatic N) is 3. The summed E-state index contributed by atoms with van der Waals surface area (Å²) in [6.07, 6.45) is 3.47. The lowest BCUT2D eigenvalue weighted by atomic mass is 10.4. The molecule has 15 heavy (non-hydrogen) atoms. The normalized spacial score (nSPS) is 10.2. The van der Waals surface area contributed by atoms with E-state index in [0.717, 1.165) is 10.7 Å². The molecule has 0 aliphatic rings. The monoisotopic (exact) mass is 221 g/mol. The van der Waals surface area contributed by atoms with E-state index in [2.05, 4.69) is 20.3 Å². The third-order valence-corrected chi connectivity index (χ3v) is 2.53. The maximum atomic E-state index is 5.38. The van der Waals surface area contributed by atoms with Gasteiger partial charge in [-0.25, -0.2) is 15.0 Å². The maximum absolute atomic E-state index is 5.38. The Balaban J connectivity index is 2.19. The molecule has 0 aliphatic heterocycles. The Hall–Kier alpha value is -1.53. The summed E-state index contributed by atoms with van der Waals surface area (Å²) in [5.74, 6) is 0.591. The van der Waals surface area contributed by atoms with Crippen LogP contribution in [0.25, 0.3) is 10.7 Å². The number of nitrogens with one attached hydrogen (secondary N) is 1. The van der Waals surface area contributed by atoms with Gasteiger partial charge in [0.05, 0.1) is 0 Å². The quantitative estimate of drug-likeness (QED) is 0.804. The van der Waals surface area contributed by atoms with Crippen LogP contribution in [0.5, 0.6) is 0 Å². The average Bonchev–Trinajstić information content (AvgIpc) is 2.80. The summed E-state index contributed by atoms with van der Waals surface area (Å²) in [7, 11) is 0. The van der Waals surface area contributed by atoms with E-state index in [9.17, 15) is 0 Å². The Bertz CT molecular complexity index is 414.